The van der Waals surface area contributed by atoms with Gasteiger partial charge in [-0.25, -0.2) is 0 Å². The van der Waals surface area contributed by atoms with Crippen LogP contribution in [0.4, 0.5) is 5.69 Å². The van der Waals surface area contributed by atoms with Crippen molar-refractivity contribution < 1.29 is 19.1 Å². The van der Waals surface area contributed by atoms with Crippen molar-refractivity contribution >= 4 is 35.0 Å². The molecule has 26 heavy (non-hydrogen) atoms. The molecule has 144 valence electrons. The number of methoxy groups -OCH3 is 1. The smallest absolute Gasteiger partial charge is 0.243 e. The van der Waals surface area contributed by atoms with Crippen LogP contribution in [-0.2, 0) is 14.4 Å². The fourth-order valence-electron chi connectivity index (χ4n) is 2.21. The minimum absolute atomic E-state index is 0.135. The van der Waals surface area contributed by atoms with Crippen LogP contribution in [-0.4, -0.2) is 54.7 Å². The Labute approximate surface area is 159 Å². The second-order valence-corrected chi connectivity index (χ2v) is 6.94. The summed E-state index contributed by atoms with van der Waals surface area (Å²) in [5.74, 6) is -0.212. The number of ether oxygens (including phenoxy) is 1. The van der Waals surface area contributed by atoms with Gasteiger partial charge in [0.15, 0.2) is 0 Å². The van der Waals surface area contributed by atoms with Gasteiger partial charge in [0.05, 0.1) is 20.2 Å². The average molecular weight is 384 g/mol. The average Bonchev–Trinajstić information content (AvgIpc) is 2.59. The number of nitrogens with one attached hydrogen (secondary N) is 2. The summed E-state index contributed by atoms with van der Waals surface area (Å²) in [6.45, 7) is 5.55. The Morgan fingerprint density at radius 2 is 1.73 bits per heavy atom. The maximum absolute atomic E-state index is 12.1. The Morgan fingerprint density at radius 3 is 2.23 bits per heavy atom. The first-order valence-corrected chi connectivity index (χ1v) is 8.80. The predicted molar refractivity (Wildman–Crippen MR) is 101 cm³/mol. The SMILES string of the molecule is COc1ccc(NC(=O)CNC(=O)CN(CC(C)C)C(=O)[C@@H](C)Cl)cc1. The Hall–Kier alpha value is -2.28. The van der Waals surface area contributed by atoms with Crippen LogP contribution < -0.4 is 15.4 Å². The van der Waals surface area contributed by atoms with Gasteiger partial charge in [0, 0.05) is 12.2 Å². The molecule has 0 aliphatic rings. The highest BCUT2D eigenvalue weighted by Crippen LogP contribution is 2.14. The third-order valence-corrected chi connectivity index (χ3v) is 3.58. The fourth-order valence-corrected chi connectivity index (χ4v) is 2.35. The van der Waals surface area contributed by atoms with Crippen LogP contribution in [0.25, 0.3) is 0 Å². The quantitative estimate of drug-likeness (QED) is 0.637. The van der Waals surface area contributed by atoms with Crippen molar-refractivity contribution in [2.24, 2.45) is 5.92 Å². The van der Waals surface area contributed by atoms with Crippen molar-refractivity contribution in [3.8, 4) is 5.75 Å². The lowest BCUT2D eigenvalue weighted by atomic mass is 10.2. The number of amides is 3. The van der Waals surface area contributed by atoms with E-state index >= 15 is 0 Å². The van der Waals surface area contributed by atoms with Crippen molar-refractivity contribution in [3.63, 3.8) is 0 Å². The first kappa shape index (κ1) is 21.8. The zero-order valence-corrected chi connectivity index (χ0v) is 16.3. The molecule has 3 amide bonds. The van der Waals surface area contributed by atoms with E-state index in [0.29, 0.717) is 18.0 Å². The van der Waals surface area contributed by atoms with Crippen molar-refractivity contribution in [3.05, 3.63) is 24.3 Å². The zero-order valence-electron chi connectivity index (χ0n) is 15.5. The number of nitrogens with zero attached hydrogens (tertiary/aromatic N) is 1. The number of hydrogen-bond donors (Lipinski definition) is 2. The standard InChI is InChI=1S/C18H26ClN3O4/c1-12(2)10-22(18(25)13(3)19)11-17(24)20-9-16(23)21-14-5-7-15(26-4)8-6-14/h5-8,12-13H,9-11H2,1-4H3,(H,20,24)(H,21,23)/t13-/m1/s1. The van der Waals surface area contributed by atoms with E-state index in [1.165, 1.54) is 4.90 Å². The lowest BCUT2D eigenvalue weighted by Gasteiger charge is -2.25. The van der Waals surface area contributed by atoms with Crippen molar-refractivity contribution in [2.45, 2.75) is 26.1 Å². The lowest BCUT2D eigenvalue weighted by Crippen LogP contribution is -2.46. The van der Waals surface area contributed by atoms with Gasteiger partial charge in [-0.1, -0.05) is 13.8 Å². The fraction of sp³-hybridized carbons (Fsp3) is 0.500. The first-order chi connectivity index (χ1) is 12.2. The van der Waals surface area contributed by atoms with Gasteiger partial charge in [-0.2, -0.15) is 0 Å². The highest BCUT2D eigenvalue weighted by Gasteiger charge is 2.22. The summed E-state index contributed by atoms with van der Waals surface area (Å²) in [7, 11) is 1.56. The number of rotatable bonds is 9. The van der Waals surface area contributed by atoms with Crippen LogP contribution in [0.3, 0.4) is 0 Å². The Balaban J connectivity index is 2.49. The minimum Gasteiger partial charge on any atom is -0.497 e. The van der Waals surface area contributed by atoms with Gasteiger partial charge >= 0.3 is 0 Å². The molecule has 0 aliphatic heterocycles. The zero-order chi connectivity index (χ0) is 19.7. The maximum atomic E-state index is 12.1. The molecule has 8 heteroatoms. The first-order valence-electron chi connectivity index (χ1n) is 8.36. The van der Waals surface area contributed by atoms with Crippen LogP contribution in [0.2, 0.25) is 0 Å². The van der Waals surface area contributed by atoms with Gasteiger partial charge < -0.3 is 20.3 Å². The number of alkyl halides is 1. The predicted octanol–water partition coefficient (Wildman–Crippen LogP) is 1.86. The summed E-state index contributed by atoms with van der Waals surface area (Å²) in [4.78, 5) is 37.4. The van der Waals surface area contributed by atoms with Gasteiger partial charge in [-0.15, -0.1) is 11.6 Å². The second-order valence-electron chi connectivity index (χ2n) is 6.28. The normalized spacial score (nSPS) is 11.6. The molecular formula is C18H26ClN3O4. The van der Waals surface area contributed by atoms with Crippen LogP contribution in [0, 0.1) is 5.92 Å². The van der Waals surface area contributed by atoms with Crippen LogP contribution in [0.15, 0.2) is 24.3 Å². The van der Waals surface area contributed by atoms with E-state index < -0.39 is 11.3 Å². The molecule has 0 fully saturated rings. The number of carbonyl (C=O) groups is 3. The van der Waals surface area contributed by atoms with E-state index in [1.807, 2.05) is 13.8 Å². The molecule has 0 radical (unpaired) electrons. The minimum atomic E-state index is -0.708. The summed E-state index contributed by atoms with van der Waals surface area (Å²) < 4.78 is 5.04. The second kappa shape index (κ2) is 10.7. The van der Waals surface area contributed by atoms with Gasteiger partial charge in [-0.3, -0.25) is 14.4 Å². The summed E-state index contributed by atoms with van der Waals surface area (Å²) >= 11 is 5.83. The summed E-state index contributed by atoms with van der Waals surface area (Å²) in [5, 5.41) is 4.47. The Morgan fingerprint density at radius 1 is 1.12 bits per heavy atom. The molecule has 0 bridgehead atoms. The highest BCUT2D eigenvalue weighted by atomic mass is 35.5. The number of benzene rings is 1. The Bertz CT molecular complexity index is 617. The van der Waals surface area contributed by atoms with Crippen LogP contribution in [0.5, 0.6) is 5.75 Å². The molecule has 1 aromatic rings. The number of hydrogen-bond acceptors (Lipinski definition) is 4. The third-order valence-electron chi connectivity index (χ3n) is 3.39. The molecule has 1 aromatic carbocycles. The number of anilines is 1. The van der Waals surface area contributed by atoms with E-state index in [-0.39, 0.29) is 30.8 Å². The van der Waals surface area contributed by atoms with E-state index in [4.69, 9.17) is 16.3 Å². The maximum Gasteiger partial charge on any atom is 0.243 e. The van der Waals surface area contributed by atoms with E-state index in [2.05, 4.69) is 10.6 Å². The molecule has 7 nitrogen and oxygen atoms in total. The summed E-state index contributed by atoms with van der Waals surface area (Å²) in [6, 6.07) is 6.83. The molecule has 0 saturated carbocycles. The molecule has 0 spiro atoms. The van der Waals surface area contributed by atoms with E-state index in [0.717, 1.165) is 0 Å². The Kier molecular flexibility index (Phi) is 8.92. The third kappa shape index (κ3) is 7.74. The lowest BCUT2D eigenvalue weighted by molar-refractivity contribution is -0.136. The molecule has 0 heterocycles. The van der Waals surface area contributed by atoms with E-state index in [9.17, 15) is 14.4 Å². The monoisotopic (exact) mass is 383 g/mol. The summed E-state index contributed by atoms with van der Waals surface area (Å²) in [6.07, 6.45) is 0. The molecule has 1 rings (SSSR count). The topological polar surface area (TPSA) is 87.7 Å². The van der Waals surface area contributed by atoms with Gasteiger partial charge in [0.25, 0.3) is 0 Å². The molecule has 0 aromatic heterocycles. The molecule has 1 atom stereocenters. The van der Waals surface area contributed by atoms with Crippen LogP contribution >= 0.6 is 11.6 Å². The van der Waals surface area contributed by atoms with Gasteiger partial charge in [0.2, 0.25) is 17.7 Å². The summed E-state index contributed by atoms with van der Waals surface area (Å²) in [5.41, 5.74) is 0.595. The molecule has 0 aliphatic carbocycles. The number of carbonyl (C=O) groups excluding carboxylic acids is 3. The molecular weight excluding hydrogens is 358 g/mol. The molecule has 0 unspecified atom stereocenters. The molecule has 0 saturated heterocycles. The highest BCUT2D eigenvalue weighted by molar-refractivity contribution is 6.30. The van der Waals surface area contributed by atoms with Gasteiger partial charge in [0.1, 0.15) is 11.1 Å². The van der Waals surface area contributed by atoms with Crippen molar-refractivity contribution in [1.82, 2.24) is 10.2 Å². The van der Waals surface area contributed by atoms with Crippen LogP contribution in [0.1, 0.15) is 20.8 Å². The van der Waals surface area contributed by atoms with Gasteiger partial charge in [-0.05, 0) is 37.1 Å². The largest absolute Gasteiger partial charge is 0.497 e. The van der Waals surface area contributed by atoms with Crippen molar-refractivity contribution in [1.29, 1.82) is 0 Å². The molecule has 2 N–H and O–H groups in total. The van der Waals surface area contributed by atoms with E-state index in [1.54, 1.807) is 38.3 Å². The number of halogens is 1. The van der Waals surface area contributed by atoms with Crippen molar-refractivity contribution in [2.75, 3.05) is 32.1 Å².